The van der Waals surface area contributed by atoms with Crippen LogP contribution in [0.15, 0.2) is 30.5 Å². The quantitative estimate of drug-likeness (QED) is 0.862. The average Bonchev–Trinajstić information content (AvgIpc) is 2.56. The average molecular weight is 299 g/mol. The fraction of sp³-hybridized carbons (Fsp3) is 0.267. The Morgan fingerprint density at radius 2 is 2.05 bits per heavy atom. The maximum Gasteiger partial charge on any atom is 0.248 e. The van der Waals surface area contributed by atoms with Crippen molar-refractivity contribution in [3.8, 4) is 11.3 Å². The van der Waals surface area contributed by atoms with E-state index in [4.69, 9.17) is 16.2 Å². The normalized spacial score (nSPS) is 14.8. The maximum absolute atomic E-state index is 11.3. The summed E-state index contributed by atoms with van der Waals surface area (Å²) in [6, 6.07) is 6.99. The zero-order valence-electron chi connectivity index (χ0n) is 12.0. The van der Waals surface area contributed by atoms with Gasteiger partial charge in [-0.2, -0.15) is 0 Å². The lowest BCUT2D eigenvalue weighted by molar-refractivity contribution is 0.100. The van der Waals surface area contributed by atoms with Gasteiger partial charge in [-0.05, 0) is 12.1 Å². The van der Waals surface area contributed by atoms with E-state index in [1.807, 2.05) is 11.0 Å². The summed E-state index contributed by atoms with van der Waals surface area (Å²) < 4.78 is 5.34. The van der Waals surface area contributed by atoms with Crippen molar-refractivity contribution in [2.45, 2.75) is 0 Å². The van der Waals surface area contributed by atoms with Gasteiger partial charge in [0.05, 0.1) is 25.1 Å². The summed E-state index contributed by atoms with van der Waals surface area (Å²) in [5.41, 5.74) is 13.1. The van der Waals surface area contributed by atoms with Crippen LogP contribution in [0, 0.1) is 0 Å². The number of ether oxygens (including phenoxy) is 1. The monoisotopic (exact) mass is 299 g/mol. The molecule has 1 saturated heterocycles. The molecule has 4 N–H and O–H groups in total. The van der Waals surface area contributed by atoms with Gasteiger partial charge in [0.2, 0.25) is 5.91 Å². The number of nitrogens with two attached hydrogens (primary N) is 2. The smallest absolute Gasteiger partial charge is 0.248 e. The predicted molar refractivity (Wildman–Crippen MR) is 83.4 cm³/mol. The molecule has 1 aromatic heterocycles. The molecule has 0 unspecified atom stereocenters. The highest BCUT2D eigenvalue weighted by Crippen LogP contribution is 2.25. The molecule has 114 valence electrons. The summed E-state index contributed by atoms with van der Waals surface area (Å²) in [5, 5.41) is 0. The molecule has 7 heteroatoms. The minimum absolute atomic E-state index is 0.386. The van der Waals surface area contributed by atoms with E-state index in [2.05, 4.69) is 9.97 Å². The van der Waals surface area contributed by atoms with Crippen molar-refractivity contribution in [3.05, 3.63) is 36.0 Å². The van der Waals surface area contributed by atoms with Crippen LogP contribution in [-0.4, -0.2) is 42.2 Å². The van der Waals surface area contributed by atoms with E-state index < -0.39 is 5.91 Å². The third-order valence-electron chi connectivity index (χ3n) is 3.53. The number of aromatic nitrogens is 2. The molecule has 0 atom stereocenters. The van der Waals surface area contributed by atoms with E-state index in [9.17, 15) is 4.79 Å². The van der Waals surface area contributed by atoms with E-state index in [0.717, 1.165) is 18.7 Å². The van der Waals surface area contributed by atoms with Crippen LogP contribution in [0.3, 0.4) is 0 Å². The molecule has 7 nitrogen and oxygen atoms in total. The molecular formula is C15H17N5O2. The van der Waals surface area contributed by atoms with Crippen molar-refractivity contribution in [1.82, 2.24) is 9.97 Å². The summed E-state index contributed by atoms with van der Waals surface area (Å²) >= 11 is 0. The first-order valence-electron chi connectivity index (χ1n) is 7.00. The van der Waals surface area contributed by atoms with Gasteiger partial charge < -0.3 is 21.1 Å². The molecule has 3 rings (SSSR count). The van der Waals surface area contributed by atoms with Gasteiger partial charge in [-0.3, -0.25) is 4.79 Å². The number of amides is 1. The highest BCUT2D eigenvalue weighted by molar-refractivity contribution is 5.94. The second kappa shape index (κ2) is 5.98. The van der Waals surface area contributed by atoms with E-state index in [1.54, 1.807) is 24.4 Å². The molecule has 1 amide bonds. The van der Waals surface area contributed by atoms with Gasteiger partial charge in [-0.15, -0.1) is 0 Å². The molecule has 2 aromatic rings. The van der Waals surface area contributed by atoms with Crippen molar-refractivity contribution in [3.63, 3.8) is 0 Å². The van der Waals surface area contributed by atoms with Crippen LogP contribution in [0.4, 0.5) is 11.6 Å². The molecule has 0 aliphatic carbocycles. The number of carbonyl (C=O) groups is 1. The number of rotatable bonds is 3. The highest BCUT2D eigenvalue weighted by Gasteiger charge is 2.17. The SMILES string of the molecule is NC(=O)c1cccc(-c2cnc(N)c(N3CCOCC3)n2)c1. The van der Waals surface area contributed by atoms with Gasteiger partial charge in [-0.25, -0.2) is 9.97 Å². The van der Waals surface area contributed by atoms with Crippen molar-refractivity contribution < 1.29 is 9.53 Å². The van der Waals surface area contributed by atoms with Crippen molar-refractivity contribution >= 4 is 17.5 Å². The van der Waals surface area contributed by atoms with Crippen molar-refractivity contribution in [1.29, 1.82) is 0 Å². The number of hydrogen-bond acceptors (Lipinski definition) is 6. The number of hydrogen-bond donors (Lipinski definition) is 2. The van der Waals surface area contributed by atoms with Crippen LogP contribution in [0.25, 0.3) is 11.3 Å². The summed E-state index contributed by atoms with van der Waals surface area (Å²) in [4.78, 5) is 22.2. The molecule has 2 heterocycles. The summed E-state index contributed by atoms with van der Waals surface area (Å²) in [7, 11) is 0. The third kappa shape index (κ3) is 2.84. The number of benzene rings is 1. The summed E-state index contributed by atoms with van der Waals surface area (Å²) in [6.07, 6.45) is 1.60. The van der Waals surface area contributed by atoms with Gasteiger partial charge in [0.25, 0.3) is 0 Å². The Morgan fingerprint density at radius 3 is 2.77 bits per heavy atom. The molecule has 1 aliphatic rings. The van der Waals surface area contributed by atoms with Crippen molar-refractivity contribution in [2.24, 2.45) is 5.73 Å². The van der Waals surface area contributed by atoms with Crippen LogP contribution in [0.2, 0.25) is 0 Å². The highest BCUT2D eigenvalue weighted by atomic mass is 16.5. The third-order valence-corrected chi connectivity index (χ3v) is 3.53. The second-order valence-electron chi connectivity index (χ2n) is 5.01. The largest absolute Gasteiger partial charge is 0.381 e. The van der Waals surface area contributed by atoms with E-state index in [1.165, 1.54) is 0 Å². The van der Waals surface area contributed by atoms with Crippen LogP contribution >= 0.6 is 0 Å². The first-order valence-corrected chi connectivity index (χ1v) is 7.00. The van der Waals surface area contributed by atoms with Gasteiger partial charge in [-0.1, -0.05) is 12.1 Å². The van der Waals surface area contributed by atoms with E-state index in [-0.39, 0.29) is 0 Å². The lowest BCUT2D eigenvalue weighted by Crippen LogP contribution is -2.37. The number of carbonyl (C=O) groups excluding carboxylic acids is 1. The van der Waals surface area contributed by atoms with E-state index >= 15 is 0 Å². The lowest BCUT2D eigenvalue weighted by atomic mass is 10.1. The molecule has 0 spiro atoms. The molecule has 0 radical (unpaired) electrons. The second-order valence-corrected chi connectivity index (χ2v) is 5.01. The van der Waals surface area contributed by atoms with Gasteiger partial charge in [0, 0.05) is 24.2 Å². The fourth-order valence-corrected chi connectivity index (χ4v) is 2.37. The molecule has 0 bridgehead atoms. The van der Waals surface area contributed by atoms with Gasteiger partial charge in [0.15, 0.2) is 11.6 Å². The van der Waals surface area contributed by atoms with Crippen LogP contribution in [0.1, 0.15) is 10.4 Å². The lowest BCUT2D eigenvalue weighted by Gasteiger charge is -2.28. The topological polar surface area (TPSA) is 107 Å². The Morgan fingerprint density at radius 1 is 1.27 bits per heavy atom. The minimum Gasteiger partial charge on any atom is -0.381 e. The van der Waals surface area contributed by atoms with Crippen LogP contribution < -0.4 is 16.4 Å². The molecule has 1 fully saturated rings. The zero-order valence-corrected chi connectivity index (χ0v) is 12.0. The molecule has 22 heavy (non-hydrogen) atoms. The zero-order chi connectivity index (χ0) is 15.5. The first-order chi connectivity index (χ1) is 10.6. The maximum atomic E-state index is 11.3. The predicted octanol–water partition coefficient (Wildman–Crippen LogP) is 0.661. The minimum atomic E-state index is -0.473. The standard InChI is InChI=1S/C15H17N5O2/c16-13-15(20-4-6-22-7-5-20)19-12(9-18-13)10-2-1-3-11(8-10)14(17)21/h1-3,8-9H,4-7H2,(H2,16,18)(H2,17,21). The number of anilines is 2. The fourth-order valence-electron chi connectivity index (χ4n) is 2.37. The number of morpholine rings is 1. The van der Waals surface area contributed by atoms with E-state index in [0.29, 0.717) is 36.1 Å². The van der Waals surface area contributed by atoms with Gasteiger partial charge in [0.1, 0.15) is 0 Å². The number of primary amides is 1. The Labute approximate surface area is 127 Å². The molecule has 0 saturated carbocycles. The summed E-state index contributed by atoms with van der Waals surface area (Å²) in [6.45, 7) is 2.73. The Hall–Kier alpha value is -2.67. The Balaban J connectivity index is 1.97. The Bertz CT molecular complexity index is 698. The van der Waals surface area contributed by atoms with Crippen LogP contribution in [-0.2, 0) is 4.74 Å². The molecule has 1 aromatic carbocycles. The number of nitrogens with zero attached hydrogens (tertiary/aromatic N) is 3. The molecular weight excluding hydrogens is 282 g/mol. The Kier molecular flexibility index (Phi) is 3.88. The number of nitrogen functional groups attached to an aromatic ring is 1. The summed E-state index contributed by atoms with van der Waals surface area (Å²) in [5.74, 6) is 0.556. The van der Waals surface area contributed by atoms with Crippen LogP contribution in [0.5, 0.6) is 0 Å². The van der Waals surface area contributed by atoms with Gasteiger partial charge >= 0.3 is 0 Å². The van der Waals surface area contributed by atoms with Crippen molar-refractivity contribution in [2.75, 3.05) is 36.9 Å². The first kappa shape index (κ1) is 14.3. The molecule has 1 aliphatic heterocycles.